The van der Waals surface area contributed by atoms with Crippen molar-refractivity contribution in [2.75, 3.05) is 20.3 Å². The molecule has 0 aliphatic rings. The van der Waals surface area contributed by atoms with Gasteiger partial charge in [-0.2, -0.15) is 0 Å². The minimum absolute atomic E-state index is 0.288. The second-order valence-electron chi connectivity index (χ2n) is 6.14. The smallest absolute Gasteiger partial charge is 0.119 e. The van der Waals surface area contributed by atoms with Crippen molar-refractivity contribution in [3.63, 3.8) is 0 Å². The van der Waals surface area contributed by atoms with Gasteiger partial charge in [-0.3, -0.25) is 0 Å². The molecule has 1 unspecified atom stereocenters. The number of hydrogen-bond donors (Lipinski definition) is 1. The van der Waals surface area contributed by atoms with Crippen LogP contribution in [-0.2, 0) is 0 Å². The van der Waals surface area contributed by atoms with Crippen LogP contribution in [0, 0.1) is 5.41 Å². The fourth-order valence-electron chi connectivity index (χ4n) is 2.24. The van der Waals surface area contributed by atoms with Gasteiger partial charge in [-0.05, 0) is 49.1 Å². The van der Waals surface area contributed by atoms with E-state index in [1.54, 1.807) is 7.11 Å². The number of benzene rings is 1. The molecule has 1 aromatic rings. The van der Waals surface area contributed by atoms with Gasteiger partial charge >= 0.3 is 0 Å². The fourth-order valence-corrected chi connectivity index (χ4v) is 2.24. The van der Waals surface area contributed by atoms with Gasteiger partial charge in [0.15, 0.2) is 0 Å². The molecule has 0 fully saturated rings. The summed E-state index contributed by atoms with van der Waals surface area (Å²) >= 11 is 0. The lowest BCUT2D eigenvalue weighted by Crippen LogP contribution is -2.40. The Morgan fingerprint density at radius 2 is 1.70 bits per heavy atom. The van der Waals surface area contributed by atoms with Crippen LogP contribution in [-0.4, -0.2) is 26.3 Å². The van der Waals surface area contributed by atoms with E-state index in [0.717, 1.165) is 37.5 Å². The molecule has 0 spiro atoms. The second-order valence-corrected chi connectivity index (χ2v) is 6.14. The van der Waals surface area contributed by atoms with E-state index >= 15 is 0 Å². The molecule has 0 saturated carbocycles. The monoisotopic (exact) mass is 279 g/mol. The Morgan fingerprint density at radius 1 is 1.10 bits per heavy atom. The summed E-state index contributed by atoms with van der Waals surface area (Å²) in [6.45, 7) is 10.8. The molecule has 0 amide bonds. The van der Waals surface area contributed by atoms with Gasteiger partial charge < -0.3 is 14.8 Å². The van der Waals surface area contributed by atoms with Crippen LogP contribution in [0.4, 0.5) is 0 Å². The van der Waals surface area contributed by atoms with E-state index in [-0.39, 0.29) is 5.41 Å². The topological polar surface area (TPSA) is 30.5 Å². The molecule has 3 heteroatoms. The number of rotatable bonds is 8. The van der Waals surface area contributed by atoms with Gasteiger partial charge in [0.2, 0.25) is 0 Å². The molecule has 20 heavy (non-hydrogen) atoms. The lowest BCUT2D eigenvalue weighted by Gasteiger charge is -2.31. The molecule has 0 aromatic heterocycles. The largest absolute Gasteiger partial charge is 0.497 e. The average Bonchev–Trinajstić information content (AvgIpc) is 2.41. The van der Waals surface area contributed by atoms with Crippen molar-refractivity contribution in [3.05, 3.63) is 24.3 Å². The van der Waals surface area contributed by atoms with Gasteiger partial charge in [-0.25, -0.2) is 0 Å². The van der Waals surface area contributed by atoms with E-state index in [2.05, 4.69) is 33.0 Å². The number of methoxy groups -OCH3 is 1. The van der Waals surface area contributed by atoms with Gasteiger partial charge in [-0.1, -0.05) is 27.7 Å². The van der Waals surface area contributed by atoms with Crippen LogP contribution in [0.15, 0.2) is 24.3 Å². The van der Waals surface area contributed by atoms with Crippen LogP contribution in [0.3, 0.4) is 0 Å². The highest BCUT2D eigenvalue weighted by Crippen LogP contribution is 2.23. The molecule has 0 radical (unpaired) electrons. The zero-order chi connectivity index (χ0) is 15.0. The molecule has 0 aliphatic heterocycles. The van der Waals surface area contributed by atoms with Crippen LogP contribution in [0.1, 0.15) is 40.5 Å². The molecule has 1 N–H and O–H groups in total. The van der Waals surface area contributed by atoms with Crippen molar-refractivity contribution in [1.82, 2.24) is 5.32 Å². The molecular formula is C17H29NO2. The summed E-state index contributed by atoms with van der Waals surface area (Å²) in [5, 5.41) is 3.56. The van der Waals surface area contributed by atoms with Crippen LogP contribution >= 0.6 is 0 Å². The highest BCUT2D eigenvalue weighted by molar-refractivity contribution is 5.31. The van der Waals surface area contributed by atoms with Crippen LogP contribution in [0.25, 0.3) is 0 Å². The Labute approximate surface area is 123 Å². The third-order valence-corrected chi connectivity index (χ3v) is 3.46. The standard InChI is InChI=1S/C17H29NO2/c1-6-18-16(17(2,3)4)8-7-13-20-15-11-9-14(19-5)10-12-15/h9-12,16,18H,6-8,13H2,1-5H3. The van der Waals surface area contributed by atoms with Crippen molar-refractivity contribution in [1.29, 1.82) is 0 Å². The summed E-state index contributed by atoms with van der Waals surface area (Å²) in [6.07, 6.45) is 2.19. The van der Waals surface area contributed by atoms with Gasteiger partial charge in [0.1, 0.15) is 11.5 Å². The molecule has 1 rings (SSSR count). The SMILES string of the molecule is CCNC(CCCOc1ccc(OC)cc1)C(C)(C)C. The molecule has 1 aromatic carbocycles. The van der Waals surface area contributed by atoms with Gasteiger partial charge in [0.25, 0.3) is 0 Å². The molecule has 3 nitrogen and oxygen atoms in total. The Hall–Kier alpha value is -1.22. The van der Waals surface area contributed by atoms with Crippen LogP contribution in [0.2, 0.25) is 0 Å². The quantitative estimate of drug-likeness (QED) is 0.733. The van der Waals surface area contributed by atoms with Gasteiger partial charge in [-0.15, -0.1) is 0 Å². The lowest BCUT2D eigenvalue weighted by atomic mass is 9.84. The molecule has 0 bridgehead atoms. The summed E-state index contributed by atoms with van der Waals surface area (Å²) in [5.74, 6) is 1.76. The highest BCUT2D eigenvalue weighted by Gasteiger charge is 2.22. The molecule has 114 valence electrons. The predicted octanol–water partition coefficient (Wildman–Crippen LogP) is 3.88. The van der Waals surface area contributed by atoms with Crippen molar-refractivity contribution >= 4 is 0 Å². The predicted molar refractivity (Wildman–Crippen MR) is 84.6 cm³/mol. The maximum atomic E-state index is 5.76. The van der Waals surface area contributed by atoms with Crippen molar-refractivity contribution in [3.8, 4) is 11.5 Å². The normalized spacial score (nSPS) is 13.1. The van der Waals surface area contributed by atoms with Crippen molar-refractivity contribution in [2.45, 2.75) is 46.6 Å². The minimum atomic E-state index is 0.288. The maximum absolute atomic E-state index is 5.76. The first-order valence-corrected chi connectivity index (χ1v) is 7.47. The lowest BCUT2D eigenvalue weighted by molar-refractivity contribution is 0.231. The molecular weight excluding hydrogens is 250 g/mol. The van der Waals surface area contributed by atoms with Crippen LogP contribution < -0.4 is 14.8 Å². The van der Waals surface area contributed by atoms with E-state index in [4.69, 9.17) is 9.47 Å². The zero-order valence-electron chi connectivity index (χ0n) is 13.5. The van der Waals surface area contributed by atoms with E-state index in [1.165, 1.54) is 0 Å². The summed E-state index contributed by atoms with van der Waals surface area (Å²) in [5.41, 5.74) is 0.288. The number of nitrogens with one attached hydrogen (secondary N) is 1. The van der Waals surface area contributed by atoms with Gasteiger partial charge in [0.05, 0.1) is 13.7 Å². The van der Waals surface area contributed by atoms with Crippen molar-refractivity contribution in [2.24, 2.45) is 5.41 Å². The third kappa shape index (κ3) is 5.83. The van der Waals surface area contributed by atoms with E-state index in [0.29, 0.717) is 6.04 Å². The first kappa shape index (κ1) is 16.8. The van der Waals surface area contributed by atoms with Crippen molar-refractivity contribution < 1.29 is 9.47 Å². The molecule has 0 heterocycles. The number of hydrogen-bond acceptors (Lipinski definition) is 3. The first-order chi connectivity index (χ1) is 9.47. The fraction of sp³-hybridized carbons (Fsp3) is 0.647. The Bertz CT molecular complexity index is 368. The summed E-state index contributed by atoms with van der Waals surface area (Å²) in [7, 11) is 1.67. The first-order valence-electron chi connectivity index (χ1n) is 7.47. The third-order valence-electron chi connectivity index (χ3n) is 3.46. The number of ether oxygens (including phenoxy) is 2. The highest BCUT2D eigenvalue weighted by atomic mass is 16.5. The van der Waals surface area contributed by atoms with Gasteiger partial charge in [0, 0.05) is 6.04 Å². The average molecular weight is 279 g/mol. The minimum Gasteiger partial charge on any atom is -0.497 e. The summed E-state index contributed by atoms with van der Waals surface area (Å²) in [6, 6.07) is 8.28. The van der Waals surface area contributed by atoms with Crippen LogP contribution in [0.5, 0.6) is 11.5 Å². The van der Waals surface area contributed by atoms with E-state index < -0.39 is 0 Å². The Morgan fingerprint density at radius 3 is 2.20 bits per heavy atom. The zero-order valence-corrected chi connectivity index (χ0v) is 13.5. The summed E-state index contributed by atoms with van der Waals surface area (Å²) < 4.78 is 10.9. The Kier molecular flexibility index (Phi) is 6.86. The summed E-state index contributed by atoms with van der Waals surface area (Å²) in [4.78, 5) is 0. The maximum Gasteiger partial charge on any atom is 0.119 e. The molecule has 1 atom stereocenters. The molecule has 0 saturated heterocycles. The Balaban J connectivity index is 2.32. The van der Waals surface area contributed by atoms with E-state index in [1.807, 2.05) is 24.3 Å². The van der Waals surface area contributed by atoms with E-state index in [9.17, 15) is 0 Å². The molecule has 0 aliphatic carbocycles. The second kappa shape index (κ2) is 8.15.